The first-order valence-electron chi connectivity index (χ1n) is 8.90. The molecule has 2 N–H and O–H groups in total. The second kappa shape index (κ2) is 9.78. The minimum atomic E-state index is -5.32. The van der Waals surface area contributed by atoms with Gasteiger partial charge in [0, 0.05) is 6.07 Å². The Bertz CT molecular complexity index is 955. The van der Waals surface area contributed by atoms with Crippen LogP contribution in [0, 0.1) is 0 Å². The lowest BCUT2D eigenvalue weighted by Gasteiger charge is -2.35. The van der Waals surface area contributed by atoms with Gasteiger partial charge in [0.2, 0.25) is 0 Å². The van der Waals surface area contributed by atoms with Crippen molar-refractivity contribution in [1.29, 1.82) is 0 Å². The summed E-state index contributed by atoms with van der Waals surface area (Å²) in [4.78, 5) is 25.3. The van der Waals surface area contributed by atoms with Crippen LogP contribution in [0.2, 0.25) is 5.02 Å². The fourth-order valence-corrected chi connectivity index (χ4v) is 2.84. The highest BCUT2D eigenvalue weighted by Gasteiger charge is 2.64. The third-order valence-electron chi connectivity index (χ3n) is 4.16. The van der Waals surface area contributed by atoms with Crippen molar-refractivity contribution < 1.29 is 37.0 Å². The molecule has 0 radical (unpaired) electrons. The first-order valence-corrected chi connectivity index (χ1v) is 9.28. The quantitative estimate of drug-likeness (QED) is 0.457. The maximum absolute atomic E-state index is 14.3. The number of alkyl halides is 3. The molecular formula is C20H20ClF3N2O5. The molecule has 0 saturated carbocycles. The number of nitrogens with one attached hydrogen (secondary N) is 2. The van der Waals surface area contributed by atoms with E-state index in [0.717, 1.165) is 0 Å². The van der Waals surface area contributed by atoms with Gasteiger partial charge in [0.15, 0.2) is 0 Å². The number of esters is 1. The van der Waals surface area contributed by atoms with Crippen molar-refractivity contribution in [3.05, 3.63) is 53.1 Å². The molecule has 0 saturated heterocycles. The minimum absolute atomic E-state index is 0.0655. The summed E-state index contributed by atoms with van der Waals surface area (Å²) < 4.78 is 57.7. The SMILES string of the molecule is CCOC(=O)C(NC(=O)c1ccccc1Cl)(Nc1ccc(OC)cc1OC)C(F)(F)F. The van der Waals surface area contributed by atoms with E-state index in [4.69, 9.17) is 21.1 Å². The Kier molecular flexibility index (Phi) is 7.61. The van der Waals surface area contributed by atoms with Crippen LogP contribution < -0.4 is 20.1 Å². The molecule has 0 heterocycles. The number of amides is 1. The molecule has 0 aliphatic heterocycles. The van der Waals surface area contributed by atoms with Crippen molar-refractivity contribution in [3.8, 4) is 11.5 Å². The lowest BCUT2D eigenvalue weighted by Crippen LogP contribution is -2.69. The average Bonchev–Trinajstić information content (AvgIpc) is 2.72. The number of benzene rings is 2. The van der Waals surface area contributed by atoms with Gasteiger partial charge >= 0.3 is 17.8 Å². The van der Waals surface area contributed by atoms with Crippen LogP contribution in [0.25, 0.3) is 0 Å². The molecule has 2 aromatic rings. The molecule has 2 rings (SSSR count). The summed E-state index contributed by atoms with van der Waals surface area (Å²) in [5, 5.41) is 3.68. The second-order valence-electron chi connectivity index (χ2n) is 6.09. The van der Waals surface area contributed by atoms with Crippen molar-refractivity contribution in [3.63, 3.8) is 0 Å². The molecular weight excluding hydrogens is 441 g/mol. The van der Waals surface area contributed by atoms with E-state index in [2.05, 4.69) is 10.1 Å². The summed E-state index contributed by atoms with van der Waals surface area (Å²) in [5.74, 6) is -2.77. The Morgan fingerprint density at radius 3 is 2.29 bits per heavy atom. The molecule has 168 valence electrons. The van der Waals surface area contributed by atoms with E-state index in [1.54, 1.807) is 5.32 Å². The molecule has 0 bridgehead atoms. The van der Waals surface area contributed by atoms with E-state index in [9.17, 15) is 22.8 Å². The molecule has 0 aromatic heterocycles. The predicted molar refractivity (Wildman–Crippen MR) is 108 cm³/mol. The van der Waals surface area contributed by atoms with Crippen molar-refractivity contribution in [2.75, 3.05) is 26.1 Å². The van der Waals surface area contributed by atoms with Crippen molar-refractivity contribution in [2.24, 2.45) is 0 Å². The van der Waals surface area contributed by atoms with Crippen LogP contribution in [0.4, 0.5) is 18.9 Å². The Hall–Kier alpha value is -3.14. The lowest BCUT2D eigenvalue weighted by molar-refractivity contribution is -0.204. The fourth-order valence-electron chi connectivity index (χ4n) is 2.62. The number of anilines is 1. The molecule has 0 spiro atoms. The summed E-state index contributed by atoms with van der Waals surface area (Å²) in [6, 6.07) is 9.34. The summed E-state index contributed by atoms with van der Waals surface area (Å²) in [6.45, 7) is 0.975. The predicted octanol–water partition coefficient (Wildman–Crippen LogP) is 4.02. The van der Waals surface area contributed by atoms with Gasteiger partial charge in [0.1, 0.15) is 11.5 Å². The second-order valence-corrected chi connectivity index (χ2v) is 6.50. The maximum Gasteiger partial charge on any atom is 0.441 e. The maximum atomic E-state index is 14.3. The smallest absolute Gasteiger partial charge is 0.441 e. The monoisotopic (exact) mass is 460 g/mol. The highest BCUT2D eigenvalue weighted by atomic mass is 35.5. The first-order chi connectivity index (χ1) is 14.6. The van der Waals surface area contributed by atoms with E-state index in [-0.39, 0.29) is 28.6 Å². The molecule has 0 aliphatic rings. The normalized spacial score (nSPS) is 13.0. The third-order valence-corrected chi connectivity index (χ3v) is 4.49. The van der Waals surface area contributed by atoms with Gasteiger partial charge in [-0.15, -0.1) is 0 Å². The molecule has 7 nitrogen and oxygen atoms in total. The van der Waals surface area contributed by atoms with Crippen LogP contribution in [-0.2, 0) is 9.53 Å². The molecule has 0 aliphatic carbocycles. The molecule has 0 fully saturated rings. The Morgan fingerprint density at radius 1 is 1.06 bits per heavy atom. The van der Waals surface area contributed by atoms with Gasteiger partial charge in [0.25, 0.3) is 5.91 Å². The van der Waals surface area contributed by atoms with E-state index in [0.29, 0.717) is 5.75 Å². The zero-order chi connectivity index (χ0) is 23.2. The Balaban J connectivity index is 2.60. The van der Waals surface area contributed by atoms with Crippen LogP contribution >= 0.6 is 11.6 Å². The van der Waals surface area contributed by atoms with Crippen LogP contribution in [0.3, 0.4) is 0 Å². The van der Waals surface area contributed by atoms with Gasteiger partial charge in [0.05, 0.1) is 37.1 Å². The van der Waals surface area contributed by atoms with Crippen molar-refractivity contribution >= 4 is 29.2 Å². The number of rotatable bonds is 8. The van der Waals surface area contributed by atoms with Crippen molar-refractivity contribution in [1.82, 2.24) is 5.32 Å². The molecule has 1 unspecified atom stereocenters. The lowest BCUT2D eigenvalue weighted by atomic mass is 10.1. The highest BCUT2D eigenvalue weighted by Crippen LogP contribution is 2.37. The average molecular weight is 461 g/mol. The first kappa shape index (κ1) is 24.1. The molecule has 2 aromatic carbocycles. The molecule has 31 heavy (non-hydrogen) atoms. The zero-order valence-corrected chi connectivity index (χ0v) is 17.6. The summed E-state index contributed by atoms with van der Waals surface area (Å²) in [7, 11) is 2.59. The van der Waals surface area contributed by atoms with E-state index < -0.39 is 23.7 Å². The fraction of sp³-hybridized carbons (Fsp3) is 0.300. The van der Waals surface area contributed by atoms with Gasteiger partial charge in [-0.2, -0.15) is 13.2 Å². The number of halogens is 4. The number of methoxy groups -OCH3 is 2. The van der Waals surface area contributed by atoms with E-state index >= 15 is 0 Å². The number of carbonyl (C=O) groups is 2. The number of ether oxygens (including phenoxy) is 3. The van der Waals surface area contributed by atoms with Crippen LogP contribution in [0.5, 0.6) is 11.5 Å². The number of carbonyl (C=O) groups excluding carboxylic acids is 2. The largest absolute Gasteiger partial charge is 0.497 e. The Labute approximate surface area is 181 Å². The van der Waals surface area contributed by atoms with Crippen molar-refractivity contribution in [2.45, 2.75) is 18.8 Å². The zero-order valence-electron chi connectivity index (χ0n) is 16.8. The number of hydrogen-bond acceptors (Lipinski definition) is 6. The van der Waals surface area contributed by atoms with Gasteiger partial charge in [-0.05, 0) is 31.2 Å². The molecule has 1 amide bonds. The van der Waals surface area contributed by atoms with Gasteiger partial charge in [-0.1, -0.05) is 23.7 Å². The van der Waals surface area contributed by atoms with E-state index in [1.807, 2.05) is 0 Å². The standard InChI is InChI=1S/C20H20ClF3N2O5/c1-4-31-18(28)19(20(22,23)24,26-17(27)13-7-5-6-8-14(13)21)25-15-10-9-12(29-2)11-16(15)30-3/h5-11,25H,4H2,1-3H3,(H,26,27). The van der Waals surface area contributed by atoms with Crippen LogP contribution in [-0.4, -0.2) is 44.5 Å². The third kappa shape index (κ3) is 5.13. The Morgan fingerprint density at radius 2 is 1.74 bits per heavy atom. The van der Waals surface area contributed by atoms with Crippen LogP contribution in [0.15, 0.2) is 42.5 Å². The highest BCUT2D eigenvalue weighted by molar-refractivity contribution is 6.33. The van der Waals surface area contributed by atoms with Gasteiger partial charge in [-0.25, -0.2) is 4.79 Å². The topological polar surface area (TPSA) is 85.9 Å². The minimum Gasteiger partial charge on any atom is -0.497 e. The van der Waals surface area contributed by atoms with E-state index in [1.165, 1.54) is 63.6 Å². The molecule has 11 heteroatoms. The van der Waals surface area contributed by atoms with Gasteiger partial charge in [-0.3, -0.25) is 4.79 Å². The number of hydrogen-bond donors (Lipinski definition) is 2. The summed E-state index contributed by atoms with van der Waals surface area (Å²) in [6.07, 6.45) is -5.32. The summed E-state index contributed by atoms with van der Waals surface area (Å²) in [5.41, 5.74) is -4.14. The van der Waals surface area contributed by atoms with Crippen LogP contribution in [0.1, 0.15) is 17.3 Å². The molecule has 1 atom stereocenters. The van der Waals surface area contributed by atoms with Gasteiger partial charge < -0.3 is 24.8 Å². The summed E-state index contributed by atoms with van der Waals surface area (Å²) >= 11 is 5.93.